The minimum absolute atomic E-state index is 0.00831. The minimum atomic E-state index is -0.822. The fourth-order valence-electron chi connectivity index (χ4n) is 4.55. The van der Waals surface area contributed by atoms with Gasteiger partial charge in [-0.1, -0.05) is 0 Å². The Hall–Kier alpha value is -3.13. The van der Waals surface area contributed by atoms with Crippen molar-refractivity contribution in [2.45, 2.75) is 38.1 Å². The van der Waals surface area contributed by atoms with Crippen LogP contribution in [0.3, 0.4) is 0 Å². The maximum absolute atomic E-state index is 13.6. The van der Waals surface area contributed by atoms with E-state index in [4.69, 9.17) is 28.1 Å². The van der Waals surface area contributed by atoms with E-state index in [-0.39, 0.29) is 39.2 Å². The molecule has 1 fully saturated rings. The van der Waals surface area contributed by atoms with Crippen molar-refractivity contribution >= 4 is 21.9 Å². The monoisotopic (exact) mass is 414 g/mol. The minimum Gasteiger partial charge on any atom is -0.506 e. The number of phenolic OH excluding ortho intramolecular Hbond substituents is 1. The summed E-state index contributed by atoms with van der Waals surface area (Å²) in [5, 5.41) is 11.4. The smallest absolute Gasteiger partial charge is 0.208 e. The van der Waals surface area contributed by atoms with E-state index in [2.05, 4.69) is 0 Å². The summed E-state index contributed by atoms with van der Waals surface area (Å²) in [6.45, 7) is 1.86. The van der Waals surface area contributed by atoms with Crippen molar-refractivity contribution in [2.75, 3.05) is 21.3 Å². The van der Waals surface area contributed by atoms with Gasteiger partial charge in [-0.05, 0) is 25.0 Å². The van der Waals surface area contributed by atoms with Gasteiger partial charge in [0.15, 0.2) is 22.8 Å². The van der Waals surface area contributed by atoms with Crippen LogP contribution in [0, 0.1) is 0 Å². The summed E-state index contributed by atoms with van der Waals surface area (Å²) in [6, 6.07) is 3.27. The fraction of sp³-hybridized carbons (Fsp3) is 0.409. The molecule has 0 unspecified atom stereocenters. The average molecular weight is 414 g/mol. The largest absolute Gasteiger partial charge is 0.506 e. The van der Waals surface area contributed by atoms with Gasteiger partial charge in [-0.15, -0.1) is 0 Å². The number of methoxy groups -OCH3 is 3. The van der Waals surface area contributed by atoms with Crippen molar-refractivity contribution in [3.8, 4) is 28.7 Å². The van der Waals surface area contributed by atoms with E-state index in [1.807, 2.05) is 6.92 Å². The zero-order valence-corrected chi connectivity index (χ0v) is 17.2. The third kappa shape index (κ3) is 2.40. The molecule has 8 heteroatoms. The number of hydrogen-bond acceptors (Lipinski definition) is 8. The van der Waals surface area contributed by atoms with Gasteiger partial charge in [0.2, 0.25) is 17.0 Å². The average Bonchev–Trinajstić information content (AvgIpc) is 2.72. The Balaban J connectivity index is 1.95. The van der Waals surface area contributed by atoms with Crippen molar-refractivity contribution in [3.63, 3.8) is 0 Å². The molecule has 1 saturated heterocycles. The SMILES string of the molecule is COc1ccc2oc3c(OC)c4c(c(O)c3c(=O)c2c1OC)[C@@H]1CCC[C@@](C)(O4)O1. The molecule has 158 valence electrons. The normalized spacial score (nSPS) is 22.5. The molecule has 0 radical (unpaired) electrons. The number of fused-ring (bicyclic) bond motifs is 6. The predicted molar refractivity (Wildman–Crippen MR) is 108 cm³/mol. The van der Waals surface area contributed by atoms with Gasteiger partial charge in [0.25, 0.3) is 0 Å². The maximum Gasteiger partial charge on any atom is 0.208 e. The summed E-state index contributed by atoms with van der Waals surface area (Å²) >= 11 is 0. The number of hydrogen-bond donors (Lipinski definition) is 1. The third-order valence-electron chi connectivity index (χ3n) is 5.88. The highest BCUT2D eigenvalue weighted by molar-refractivity contribution is 6.01. The molecule has 2 aliphatic rings. The quantitative estimate of drug-likeness (QED) is 0.642. The molecule has 5 rings (SSSR count). The van der Waals surface area contributed by atoms with Gasteiger partial charge in [0.1, 0.15) is 22.1 Å². The number of aromatic hydroxyl groups is 1. The molecule has 0 saturated carbocycles. The number of ether oxygens (including phenoxy) is 5. The lowest BCUT2D eigenvalue weighted by molar-refractivity contribution is -0.243. The van der Waals surface area contributed by atoms with Gasteiger partial charge in [-0.25, -0.2) is 0 Å². The van der Waals surface area contributed by atoms with Crippen molar-refractivity contribution in [1.29, 1.82) is 0 Å². The topological polar surface area (TPSA) is 96.6 Å². The lowest BCUT2D eigenvalue weighted by atomic mass is 9.91. The Labute approximate surface area is 171 Å². The van der Waals surface area contributed by atoms with Crippen LogP contribution in [0.25, 0.3) is 21.9 Å². The molecule has 3 heterocycles. The van der Waals surface area contributed by atoms with Gasteiger partial charge < -0.3 is 33.2 Å². The van der Waals surface area contributed by atoms with Crippen LogP contribution < -0.4 is 24.4 Å². The van der Waals surface area contributed by atoms with Gasteiger partial charge in [0.05, 0.1) is 33.0 Å². The van der Waals surface area contributed by atoms with Gasteiger partial charge in [0, 0.05) is 13.3 Å². The van der Waals surface area contributed by atoms with E-state index in [0.29, 0.717) is 29.9 Å². The van der Waals surface area contributed by atoms with Crippen molar-refractivity contribution in [2.24, 2.45) is 0 Å². The molecule has 2 aliphatic heterocycles. The molecule has 0 amide bonds. The molecule has 2 aromatic carbocycles. The second-order valence-corrected chi connectivity index (χ2v) is 7.67. The van der Waals surface area contributed by atoms with Crippen LogP contribution in [0.1, 0.15) is 37.9 Å². The molecule has 0 spiro atoms. The molecule has 3 aromatic rings. The molecule has 8 nitrogen and oxygen atoms in total. The van der Waals surface area contributed by atoms with Crippen LogP contribution in [0.15, 0.2) is 21.3 Å². The van der Waals surface area contributed by atoms with E-state index in [1.165, 1.54) is 21.3 Å². The first kappa shape index (κ1) is 18.9. The molecular formula is C22H22O8. The highest BCUT2D eigenvalue weighted by atomic mass is 16.7. The van der Waals surface area contributed by atoms with Crippen LogP contribution >= 0.6 is 0 Å². The number of benzene rings is 2. The molecule has 1 aromatic heterocycles. The van der Waals surface area contributed by atoms with Crippen molar-refractivity contribution in [1.82, 2.24) is 0 Å². The molecular weight excluding hydrogens is 392 g/mol. The molecule has 2 atom stereocenters. The number of rotatable bonds is 3. The summed E-state index contributed by atoms with van der Waals surface area (Å²) in [4.78, 5) is 13.6. The van der Waals surface area contributed by atoms with Gasteiger partial charge >= 0.3 is 0 Å². The van der Waals surface area contributed by atoms with E-state index in [9.17, 15) is 9.90 Å². The van der Waals surface area contributed by atoms with E-state index < -0.39 is 17.3 Å². The second kappa shape index (κ2) is 6.43. The van der Waals surface area contributed by atoms with Crippen molar-refractivity contribution in [3.05, 3.63) is 27.9 Å². The Morgan fingerprint density at radius 3 is 2.57 bits per heavy atom. The lowest BCUT2D eigenvalue weighted by Crippen LogP contribution is -2.43. The predicted octanol–water partition coefficient (Wildman–Crippen LogP) is 4.03. The van der Waals surface area contributed by atoms with Crippen LogP contribution in [-0.4, -0.2) is 32.2 Å². The Kier molecular flexibility index (Phi) is 4.05. The Morgan fingerprint density at radius 1 is 1.10 bits per heavy atom. The molecule has 1 N–H and O–H groups in total. The summed E-state index contributed by atoms with van der Waals surface area (Å²) in [5.41, 5.74) is 0.345. The van der Waals surface area contributed by atoms with E-state index in [1.54, 1.807) is 12.1 Å². The summed E-state index contributed by atoms with van der Waals surface area (Å²) in [5.74, 6) is 0.180. The maximum atomic E-state index is 13.6. The van der Waals surface area contributed by atoms with Crippen molar-refractivity contribution < 1.29 is 33.2 Å². The molecule has 2 bridgehead atoms. The highest BCUT2D eigenvalue weighted by Gasteiger charge is 2.45. The van der Waals surface area contributed by atoms with Crippen LogP contribution in [-0.2, 0) is 4.74 Å². The first-order chi connectivity index (χ1) is 14.4. The lowest BCUT2D eigenvalue weighted by Gasteiger charge is -2.44. The van der Waals surface area contributed by atoms with Gasteiger partial charge in [-0.3, -0.25) is 4.79 Å². The summed E-state index contributed by atoms with van der Waals surface area (Å²) in [7, 11) is 4.40. The number of phenols is 1. The van der Waals surface area contributed by atoms with Crippen LogP contribution in [0.4, 0.5) is 0 Å². The first-order valence-corrected chi connectivity index (χ1v) is 9.73. The third-order valence-corrected chi connectivity index (χ3v) is 5.88. The van der Waals surface area contributed by atoms with Crippen LogP contribution in [0.2, 0.25) is 0 Å². The Morgan fingerprint density at radius 2 is 1.87 bits per heavy atom. The highest BCUT2D eigenvalue weighted by Crippen LogP contribution is 2.56. The zero-order valence-electron chi connectivity index (χ0n) is 17.2. The standard InChI is InChI=1S/C22H22O8/c1-22-9-5-6-11(29-22)14-17(24)15-16(23)13-10(7-8-12(25-2)18(13)26-3)28-19(15)21(27-4)20(14)30-22/h7-8,11,24H,5-6,9H2,1-4H3/t11-,22+/m0/s1. The van der Waals surface area contributed by atoms with Gasteiger partial charge in [-0.2, -0.15) is 0 Å². The summed E-state index contributed by atoms with van der Waals surface area (Å²) in [6.07, 6.45) is 1.87. The van der Waals surface area contributed by atoms with E-state index in [0.717, 1.165) is 6.42 Å². The van der Waals surface area contributed by atoms with Crippen LogP contribution in [0.5, 0.6) is 28.7 Å². The molecule has 0 aliphatic carbocycles. The molecule has 30 heavy (non-hydrogen) atoms. The fourth-order valence-corrected chi connectivity index (χ4v) is 4.55. The Bertz CT molecular complexity index is 1240. The zero-order chi connectivity index (χ0) is 21.2. The summed E-state index contributed by atoms with van der Waals surface area (Å²) < 4.78 is 34.6. The first-order valence-electron chi connectivity index (χ1n) is 9.73. The van der Waals surface area contributed by atoms with E-state index >= 15 is 0 Å². The second-order valence-electron chi connectivity index (χ2n) is 7.67.